The van der Waals surface area contributed by atoms with Gasteiger partial charge in [-0.15, -0.1) is 0 Å². The van der Waals surface area contributed by atoms with Crippen LogP contribution in [0.2, 0.25) is 0 Å². The second-order valence-corrected chi connectivity index (χ2v) is 8.03. The molecule has 1 fully saturated rings. The molecular weight excluding hydrogens is 326 g/mol. The van der Waals surface area contributed by atoms with Crippen LogP contribution in [-0.2, 0) is 19.8 Å². The van der Waals surface area contributed by atoms with Crippen LogP contribution in [0.1, 0.15) is 47.9 Å². The Balaban J connectivity index is 1.59. The molecule has 1 saturated carbocycles. The maximum atomic E-state index is 8.96. The molecule has 1 nitrogen and oxygen atoms in total. The third-order valence-corrected chi connectivity index (χ3v) is 6.11. The Morgan fingerprint density at radius 3 is 2.41 bits per heavy atom. The Hall–Kier alpha value is -2.41. The van der Waals surface area contributed by atoms with Crippen molar-refractivity contribution in [3.63, 3.8) is 0 Å². The van der Waals surface area contributed by atoms with E-state index in [-0.39, 0.29) is 0 Å². The normalized spacial score (nSPS) is 23.3. The third kappa shape index (κ3) is 2.90. The van der Waals surface area contributed by atoms with Gasteiger partial charge in [0.05, 0.1) is 0 Å². The van der Waals surface area contributed by atoms with E-state index in [1.807, 2.05) is 37.4 Å². The maximum Gasteiger partial charge on any atom is 0.212 e. The molecule has 5 rings (SSSR count). The number of benzene rings is 2. The number of rotatable bonds is 2. The van der Waals surface area contributed by atoms with Crippen molar-refractivity contribution in [2.45, 2.75) is 45.4 Å². The highest BCUT2D eigenvalue weighted by Gasteiger charge is 2.39. The first-order valence-electron chi connectivity index (χ1n) is 11.9. The van der Waals surface area contributed by atoms with Crippen LogP contribution in [0, 0.1) is 12.3 Å². The lowest BCUT2D eigenvalue weighted by molar-refractivity contribution is -0.659. The van der Waals surface area contributed by atoms with Crippen molar-refractivity contribution in [1.29, 1.82) is 0 Å². The molecule has 0 unspecified atom stereocenters. The molecule has 27 heavy (non-hydrogen) atoms. The van der Waals surface area contributed by atoms with Crippen molar-refractivity contribution >= 4 is 0 Å². The number of hydrogen-bond acceptors (Lipinski definition) is 0. The van der Waals surface area contributed by atoms with Gasteiger partial charge in [0, 0.05) is 22.7 Å². The third-order valence-electron chi connectivity index (χ3n) is 6.11. The van der Waals surface area contributed by atoms with Crippen molar-refractivity contribution in [2.24, 2.45) is 12.5 Å². The molecule has 1 heteroatoms. The average molecular weight is 359 g/mol. The molecule has 136 valence electrons. The number of hydrogen-bond donors (Lipinski definition) is 0. The predicted octanol–water partition coefficient (Wildman–Crippen LogP) is 5.81. The van der Waals surface area contributed by atoms with Gasteiger partial charge in [-0.05, 0) is 72.3 Å². The molecule has 2 aromatic carbocycles. The standard InChI is InChI=1S/C26H28N/c1-19-7-3-4-8-24(19)25-12-11-22(18-27(25)2)20-9-10-21-16-26(13-5-6-14-26)17-23(21)15-20/h3-4,7-12,15,18H,5-6,13-14,16-17H2,1-2H3/q+1/i16D2,17D2. The number of nitrogens with zero attached hydrogens (tertiary/aromatic N) is 1. The van der Waals surface area contributed by atoms with Crippen molar-refractivity contribution < 1.29 is 10.1 Å². The van der Waals surface area contributed by atoms with E-state index in [4.69, 9.17) is 5.48 Å². The summed E-state index contributed by atoms with van der Waals surface area (Å²) in [6.45, 7) is 2.11. The fraction of sp³-hybridized carbons (Fsp3) is 0.346. The molecule has 0 saturated heterocycles. The van der Waals surface area contributed by atoms with E-state index in [1.165, 1.54) is 11.1 Å². The van der Waals surface area contributed by atoms with Crippen LogP contribution in [0.3, 0.4) is 0 Å². The quantitative estimate of drug-likeness (QED) is 0.509. The van der Waals surface area contributed by atoms with E-state index in [0.29, 0.717) is 24.0 Å². The van der Waals surface area contributed by atoms with E-state index in [9.17, 15) is 0 Å². The van der Waals surface area contributed by atoms with Gasteiger partial charge in [0.2, 0.25) is 5.69 Å². The van der Waals surface area contributed by atoms with Crippen LogP contribution in [0.25, 0.3) is 22.4 Å². The van der Waals surface area contributed by atoms with Gasteiger partial charge >= 0.3 is 0 Å². The summed E-state index contributed by atoms with van der Waals surface area (Å²) in [6, 6.07) is 18.2. The molecule has 0 aliphatic heterocycles. The Labute approximate surface area is 168 Å². The molecule has 2 aliphatic carbocycles. The molecule has 2 aliphatic rings. The summed E-state index contributed by atoms with van der Waals surface area (Å²) in [5.41, 5.74) is 5.59. The van der Waals surface area contributed by atoms with E-state index in [1.54, 1.807) is 0 Å². The summed E-state index contributed by atoms with van der Waals surface area (Å²) < 4.78 is 37.7. The minimum Gasteiger partial charge on any atom is -0.200 e. The van der Waals surface area contributed by atoms with Crippen LogP contribution in [0.15, 0.2) is 60.8 Å². The van der Waals surface area contributed by atoms with Crippen LogP contribution >= 0.6 is 0 Å². The first-order valence-corrected chi connectivity index (χ1v) is 9.90. The van der Waals surface area contributed by atoms with Crippen molar-refractivity contribution in [1.82, 2.24) is 0 Å². The minimum atomic E-state index is -1.67. The monoisotopic (exact) mass is 358 g/mol. The number of aryl methyl sites for hydroxylation is 2. The van der Waals surface area contributed by atoms with E-state index in [0.717, 1.165) is 29.7 Å². The van der Waals surface area contributed by atoms with E-state index < -0.39 is 18.2 Å². The highest BCUT2D eigenvalue weighted by Crippen LogP contribution is 2.49. The molecule has 0 bridgehead atoms. The lowest BCUT2D eigenvalue weighted by Gasteiger charge is -2.21. The molecule has 1 spiro atoms. The largest absolute Gasteiger partial charge is 0.212 e. The van der Waals surface area contributed by atoms with Gasteiger partial charge in [-0.2, -0.15) is 0 Å². The average Bonchev–Trinajstić information content (AvgIpc) is 3.30. The SMILES string of the molecule is [2H]C1([2H])c2ccc(-c3ccc(-c4ccccc4C)[n+](C)c3)cc2C([2H])([2H])C12CCCC2. The Morgan fingerprint density at radius 2 is 1.63 bits per heavy atom. The Bertz CT molecular complexity index is 1180. The predicted molar refractivity (Wildman–Crippen MR) is 112 cm³/mol. The summed E-state index contributed by atoms with van der Waals surface area (Å²) in [6.07, 6.45) is 1.79. The topological polar surface area (TPSA) is 3.88 Å². The zero-order valence-electron chi connectivity index (χ0n) is 20.0. The minimum absolute atomic E-state index is 0.530. The van der Waals surface area contributed by atoms with Gasteiger partial charge in [0.25, 0.3) is 0 Å². The second-order valence-electron chi connectivity index (χ2n) is 8.03. The number of aromatic nitrogens is 1. The van der Waals surface area contributed by atoms with Gasteiger partial charge in [0.15, 0.2) is 6.20 Å². The lowest BCUT2D eigenvalue weighted by atomic mass is 9.83. The molecule has 0 radical (unpaired) electrons. The van der Waals surface area contributed by atoms with Crippen LogP contribution in [0.5, 0.6) is 0 Å². The summed E-state index contributed by atoms with van der Waals surface area (Å²) >= 11 is 0. The van der Waals surface area contributed by atoms with Gasteiger partial charge in [-0.1, -0.05) is 49.2 Å². The smallest absolute Gasteiger partial charge is 0.200 e. The fourth-order valence-electron chi connectivity index (χ4n) is 4.63. The number of fused-ring (bicyclic) bond motifs is 1. The highest BCUT2D eigenvalue weighted by atomic mass is 14.9. The van der Waals surface area contributed by atoms with Crippen molar-refractivity contribution in [3.8, 4) is 22.4 Å². The molecule has 0 N–H and O–H groups in total. The zero-order valence-corrected chi connectivity index (χ0v) is 16.0. The Kier molecular flexibility index (Phi) is 3.02. The first-order chi connectivity index (χ1) is 14.7. The van der Waals surface area contributed by atoms with Gasteiger partial charge in [-0.25, -0.2) is 4.57 Å². The van der Waals surface area contributed by atoms with Gasteiger partial charge in [0.1, 0.15) is 7.05 Å². The summed E-state index contributed by atoms with van der Waals surface area (Å²) in [5.74, 6) is 0. The lowest BCUT2D eigenvalue weighted by Crippen LogP contribution is -2.30. The summed E-state index contributed by atoms with van der Waals surface area (Å²) in [5, 5.41) is 0. The van der Waals surface area contributed by atoms with E-state index >= 15 is 0 Å². The molecule has 0 atom stereocenters. The zero-order chi connectivity index (χ0) is 22.0. The Morgan fingerprint density at radius 1 is 0.889 bits per heavy atom. The fourth-order valence-corrected chi connectivity index (χ4v) is 4.63. The van der Waals surface area contributed by atoms with Crippen LogP contribution < -0.4 is 4.57 Å². The van der Waals surface area contributed by atoms with E-state index in [2.05, 4.69) is 42.0 Å². The summed E-state index contributed by atoms with van der Waals surface area (Å²) in [7, 11) is 2.03. The van der Waals surface area contributed by atoms with Gasteiger partial charge < -0.3 is 0 Å². The second kappa shape index (κ2) is 6.34. The highest BCUT2D eigenvalue weighted by molar-refractivity contribution is 5.67. The van der Waals surface area contributed by atoms with Crippen molar-refractivity contribution in [2.75, 3.05) is 0 Å². The van der Waals surface area contributed by atoms with Crippen molar-refractivity contribution in [3.05, 3.63) is 77.5 Å². The van der Waals surface area contributed by atoms with Crippen LogP contribution in [-0.4, -0.2) is 0 Å². The van der Waals surface area contributed by atoms with Crippen LogP contribution in [0.4, 0.5) is 0 Å². The molecule has 1 heterocycles. The first kappa shape index (κ1) is 12.9. The van der Waals surface area contributed by atoms with Gasteiger partial charge in [-0.3, -0.25) is 0 Å². The molecule has 1 aromatic heterocycles. The maximum absolute atomic E-state index is 8.96. The number of pyridine rings is 1. The summed E-state index contributed by atoms with van der Waals surface area (Å²) in [4.78, 5) is 0. The molecule has 3 aromatic rings. The molecular formula is C26H28N+. The molecule has 0 amide bonds.